The number of hydrogen-bond donors (Lipinski definition) is 0. The van der Waals surface area contributed by atoms with Gasteiger partial charge in [0.15, 0.2) is 5.78 Å². The van der Waals surface area contributed by atoms with Crippen LogP contribution in [0.15, 0.2) is 42.5 Å². The van der Waals surface area contributed by atoms with Gasteiger partial charge in [-0.1, -0.05) is 82.7 Å². The minimum atomic E-state index is -0.290. The minimum absolute atomic E-state index is 0.0409. The van der Waals surface area contributed by atoms with Crippen LogP contribution in [0, 0.1) is 10.1 Å². The van der Waals surface area contributed by atoms with E-state index in [9.17, 15) is 14.9 Å². The fraction of sp³-hybridized carbons (Fsp3) is 0.480. The van der Waals surface area contributed by atoms with Crippen molar-refractivity contribution in [2.45, 2.75) is 78.1 Å². The van der Waals surface area contributed by atoms with E-state index >= 15 is 0 Å². The molecule has 0 radical (unpaired) electrons. The summed E-state index contributed by atoms with van der Waals surface area (Å²) >= 11 is 0. The van der Waals surface area contributed by atoms with Crippen LogP contribution in [0.25, 0.3) is 0 Å². The monoisotopic (exact) mass is 395 g/mol. The number of unbranched alkanes of at least 4 members (excludes halogenated alkanes) is 6. The molecule has 0 atom stereocenters. The summed E-state index contributed by atoms with van der Waals surface area (Å²) in [4.78, 5) is 24.6. The van der Waals surface area contributed by atoms with Crippen molar-refractivity contribution >= 4 is 11.5 Å². The van der Waals surface area contributed by atoms with Crippen molar-refractivity contribution in [3.05, 3.63) is 74.8 Å². The van der Waals surface area contributed by atoms with E-state index in [0.29, 0.717) is 17.5 Å². The predicted molar refractivity (Wildman–Crippen MR) is 119 cm³/mol. The van der Waals surface area contributed by atoms with E-state index in [-0.39, 0.29) is 16.4 Å². The molecule has 0 spiro atoms. The normalized spacial score (nSPS) is 10.8. The van der Waals surface area contributed by atoms with Crippen molar-refractivity contribution in [3.63, 3.8) is 0 Å². The molecule has 0 aromatic heterocycles. The van der Waals surface area contributed by atoms with Crippen molar-refractivity contribution < 1.29 is 9.72 Å². The Labute approximate surface area is 174 Å². The zero-order valence-electron chi connectivity index (χ0n) is 17.8. The molecular weight excluding hydrogens is 362 g/mol. The van der Waals surface area contributed by atoms with Gasteiger partial charge in [0.25, 0.3) is 5.69 Å². The zero-order valence-corrected chi connectivity index (χ0v) is 17.8. The van der Waals surface area contributed by atoms with Gasteiger partial charge in [-0.2, -0.15) is 0 Å². The molecule has 0 fully saturated rings. The van der Waals surface area contributed by atoms with E-state index < -0.39 is 0 Å². The molecule has 0 aliphatic carbocycles. The molecule has 2 aromatic carbocycles. The number of benzene rings is 2. The van der Waals surface area contributed by atoms with E-state index in [2.05, 4.69) is 13.8 Å². The first-order valence-electron chi connectivity index (χ1n) is 11.0. The third kappa shape index (κ3) is 6.52. The van der Waals surface area contributed by atoms with E-state index in [1.807, 2.05) is 30.3 Å². The molecule has 2 aromatic rings. The third-order valence-electron chi connectivity index (χ3n) is 5.44. The SMILES string of the molecule is CCCCCCc1c(C(=O)c2ccccc2)ccc([N+](=O)[O-])c1CCCCCC. The van der Waals surface area contributed by atoms with Crippen LogP contribution in [0.5, 0.6) is 0 Å². The molecule has 4 heteroatoms. The van der Waals surface area contributed by atoms with Gasteiger partial charge in [-0.25, -0.2) is 0 Å². The van der Waals surface area contributed by atoms with Gasteiger partial charge in [0.05, 0.1) is 4.92 Å². The maximum absolute atomic E-state index is 13.2. The molecule has 29 heavy (non-hydrogen) atoms. The predicted octanol–water partition coefficient (Wildman–Crippen LogP) is 7.07. The van der Waals surface area contributed by atoms with Crippen LogP contribution in [0.4, 0.5) is 5.69 Å². The summed E-state index contributed by atoms with van der Waals surface area (Å²) in [7, 11) is 0. The van der Waals surface area contributed by atoms with Crippen LogP contribution >= 0.6 is 0 Å². The Kier molecular flexibility index (Phi) is 9.55. The Morgan fingerprint density at radius 3 is 1.93 bits per heavy atom. The fourth-order valence-corrected chi connectivity index (χ4v) is 3.83. The number of carbonyl (C=O) groups excluding carboxylic acids is 1. The van der Waals surface area contributed by atoms with Gasteiger partial charge in [-0.3, -0.25) is 14.9 Å². The number of hydrogen-bond acceptors (Lipinski definition) is 3. The summed E-state index contributed by atoms with van der Waals surface area (Å²) in [6, 6.07) is 12.4. The Balaban J connectivity index is 2.44. The molecule has 0 N–H and O–H groups in total. The second-order valence-electron chi connectivity index (χ2n) is 7.66. The van der Waals surface area contributed by atoms with Crippen LogP contribution in [0.1, 0.15) is 92.3 Å². The van der Waals surface area contributed by atoms with Gasteiger partial charge in [0, 0.05) is 22.8 Å². The van der Waals surface area contributed by atoms with Gasteiger partial charge >= 0.3 is 0 Å². The average molecular weight is 396 g/mol. The first-order chi connectivity index (χ1) is 14.1. The molecule has 2 rings (SSSR count). The summed E-state index contributed by atoms with van der Waals surface area (Å²) in [5, 5.41) is 11.7. The summed E-state index contributed by atoms with van der Waals surface area (Å²) in [6.45, 7) is 4.32. The van der Waals surface area contributed by atoms with Crippen molar-refractivity contribution in [2.24, 2.45) is 0 Å². The molecule has 0 heterocycles. The van der Waals surface area contributed by atoms with Gasteiger partial charge < -0.3 is 0 Å². The quantitative estimate of drug-likeness (QED) is 0.158. The van der Waals surface area contributed by atoms with E-state index in [4.69, 9.17) is 0 Å². The van der Waals surface area contributed by atoms with E-state index in [0.717, 1.165) is 68.9 Å². The number of rotatable bonds is 13. The van der Waals surface area contributed by atoms with Crippen molar-refractivity contribution in [3.8, 4) is 0 Å². The van der Waals surface area contributed by atoms with Gasteiger partial charge in [0.1, 0.15) is 0 Å². The highest BCUT2D eigenvalue weighted by Crippen LogP contribution is 2.30. The number of carbonyl (C=O) groups is 1. The third-order valence-corrected chi connectivity index (χ3v) is 5.44. The second kappa shape index (κ2) is 12.2. The topological polar surface area (TPSA) is 60.2 Å². The number of ketones is 1. The summed E-state index contributed by atoms with van der Waals surface area (Å²) in [5.74, 6) is -0.0409. The second-order valence-corrected chi connectivity index (χ2v) is 7.66. The number of nitro groups is 1. The highest BCUT2D eigenvalue weighted by atomic mass is 16.6. The van der Waals surface area contributed by atoms with Crippen LogP contribution in [-0.4, -0.2) is 10.7 Å². The van der Waals surface area contributed by atoms with E-state index in [1.165, 1.54) is 6.07 Å². The van der Waals surface area contributed by atoms with Crippen LogP contribution in [0.2, 0.25) is 0 Å². The van der Waals surface area contributed by atoms with E-state index in [1.54, 1.807) is 6.07 Å². The lowest BCUT2D eigenvalue weighted by Crippen LogP contribution is -2.11. The molecule has 0 bridgehead atoms. The molecule has 0 saturated carbocycles. The minimum Gasteiger partial charge on any atom is -0.289 e. The summed E-state index contributed by atoms with van der Waals surface area (Å²) < 4.78 is 0. The van der Waals surface area contributed by atoms with Gasteiger partial charge in [0.2, 0.25) is 0 Å². The molecule has 0 aliphatic rings. The van der Waals surface area contributed by atoms with Gasteiger partial charge in [-0.05, 0) is 37.3 Å². The largest absolute Gasteiger partial charge is 0.289 e. The lowest BCUT2D eigenvalue weighted by atomic mass is 9.88. The molecule has 0 amide bonds. The van der Waals surface area contributed by atoms with Crippen molar-refractivity contribution in [1.82, 2.24) is 0 Å². The maximum atomic E-state index is 13.2. The lowest BCUT2D eigenvalue weighted by molar-refractivity contribution is -0.385. The van der Waals surface area contributed by atoms with Crippen LogP contribution < -0.4 is 0 Å². The molecule has 156 valence electrons. The Bertz CT molecular complexity index is 799. The first-order valence-corrected chi connectivity index (χ1v) is 11.0. The van der Waals surface area contributed by atoms with Crippen molar-refractivity contribution in [1.29, 1.82) is 0 Å². The standard InChI is InChI=1S/C25H33NO3/c1-3-5-7-12-16-21-22(17-13-8-6-4-2)24(26(28)29)19-18-23(21)25(27)20-14-10-9-11-15-20/h9-11,14-15,18-19H,3-8,12-13,16-17H2,1-2H3. The highest BCUT2D eigenvalue weighted by Gasteiger charge is 2.23. The smallest absolute Gasteiger partial charge is 0.272 e. The number of nitrogens with zero attached hydrogens (tertiary/aromatic N) is 1. The molecule has 0 aliphatic heterocycles. The summed E-state index contributed by atoms with van der Waals surface area (Å²) in [6.07, 6.45) is 9.91. The average Bonchev–Trinajstić information content (AvgIpc) is 2.74. The maximum Gasteiger partial charge on any atom is 0.272 e. The molecule has 0 saturated heterocycles. The Hall–Kier alpha value is -2.49. The lowest BCUT2D eigenvalue weighted by Gasteiger charge is -2.15. The Morgan fingerprint density at radius 1 is 0.793 bits per heavy atom. The number of nitro benzene ring substituents is 1. The fourth-order valence-electron chi connectivity index (χ4n) is 3.83. The van der Waals surface area contributed by atoms with Gasteiger partial charge in [-0.15, -0.1) is 0 Å². The summed E-state index contributed by atoms with van der Waals surface area (Å²) in [5.41, 5.74) is 3.08. The molecule has 0 unspecified atom stereocenters. The van der Waals surface area contributed by atoms with Crippen molar-refractivity contribution in [2.75, 3.05) is 0 Å². The highest BCUT2D eigenvalue weighted by molar-refractivity contribution is 6.10. The van der Waals surface area contributed by atoms with Crippen LogP contribution in [0.3, 0.4) is 0 Å². The van der Waals surface area contributed by atoms with Crippen LogP contribution in [-0.2, 0) is 12.8 Å². The first kappa shape index (κ1) is 22.8. The Morgan fingerprint density at radius 2 is 1.38 bits per heavy atom. The molecule has 4 nitrogen and oxygen atoms in total. The zero-order chi connectivity index (χ0) is 21.1. The molecular formula is C25H33NO3.